The first-order chi connectivity index (χ1) is 3.83. The highest BCUT2D eigenvalue weighted by Crippen LogP contribution is 1.97. The maximum absolute atomic E-state index is 3.95. The van der Waals surface area contributed by atoms with Crippen molar-refractivity contribution in [3.63, 3.8) is 0 Å². The number of hydrogen-bond donors (Lipinski definition) is 0. The molecule has 44 valence electrons. The molecule has 0 radical (unpaired) electrons. The fourth-order valence-electron chi connectivity index (χ4n) is 0.561. The number of rotatable bonds is 1. The number of hydrogen-bond acceptors (Lipinski definition) is 3. The van der Waals surface area contributed by atoms with Gasteiger partial charge in [0.25, 0.3) is 0 Å². The van der Waals surface area contributed by atoms with E-state index in [1.165, 1.54) is 0 Å². The molecule has 1 rings (SSSR count). The molecule has 1 aliphatic rings. The summed E-state index contributed by atoms with van der Waals surface area (Å²) in [5, 5.41) is 5.72. The van der Waals surface area contributed by atoms with Crippen molar-refractivity contribution in [2.45, 2.75) is 0 Å². The molecule has 0 aromatic carbocycles. The predicted molar refractivity (Wildman–Crippen MR) is 33.2 cm³/mol. The summed E-state index contributed by atoms with van der Waals surface area (Å²) in [6.45, 7) is 4.39. The third kappa shape index (κ3) is 0.804. The van der Waals surface area contributed by atoms with E-state index in [4.69, 9.17) is 0 Å². The molecule has 0 amide bonds. The van der Waals surface area contributed by atoms with E-state index < -0.39 is 0 Å². The smallest absolute Gasteiger partial charge is 0.113 e. The SMILES string of the molecule is C=CN1CN(C)C=N1. The molecular formula is C5H9N3. The van der Waals surface area contributed by atoms with Crippen molar-refractivity contribution in [3.05, 3.63) is 12.8 Å². The normalized spacial score (nSPS) is 17.6. The molecule has 1 heterocycles. The summed E-state index contributed by atoms with van der Waals surface area (Å²) in [6, 6.07) is 0. The van der Waals surface area contributed by atoms with Crippen LogP contribution >= 0.6 is 0 Å². The van der Waals surface area contributed by atoms with Crippen LogP contribution in [-0.4, -0.2) is 30.0 Å². The predicted octanol–water partition coefficient (Wildman–Crippen LogP) is 0.278. The van der Waals surface area contributed by atoms with Crippen molar-refractivity contribution in [2.75, 3.05) is 13.7 Å². The van der Waals surface area contributed by atoms with E-state index in [2.05, 4.69) is 11.7 Å². The Morgan fingerprint density at radius 1 is 1.88 bits per heavy atom. The number of hydrazone groups is 1. The molecule has 0 saturated carbocycles. The lowest BCUT2D eigenvalue weighted by Crippen LogP contribution is -2.18. The van der Waals surface area contributed by atoms with Crippen molar-refractivity contribution in [3.8, 4) is 0 Å². The van der Waals surface area contributed by atoms with Gasteiger partial charge in [0.1, 0.15) is 13.0 Å². The first-order valence-electron chi connectivity index (χ1n) is 2.46. The summed E-state index contributed by atoms with van der Waals surface area (Å²) < 4.78 is 0. The highest BCUT2D eigenvalue weighted by molar-refractivity contribution is 5.55. The molecule has 3 nitrogen and oxygen atoms in total. The Bertz CT molecular complexity index is 119. The Morgan fingerprint density at radius 3 is 2.88 bits per heavy atom. The summed E-state index contributed by atoms with van der Waals surface area (Å²) in [5.74, 6) is 0. The van der Waals surface area contributed by atoms with Gasteiger partial charge < -0.3 is 4.90 Å². The van der Waals surface area contributed by atoms with E-state index in [1.807, 2.05) is 11.9 Å². The summed E-state index contributed by atoms with van der Waals surface area (Å²) in [6.07, 6.45) is 3.46. The summed E-state index contributed by atoms with van der Waals surface area (Å²) in [5.41, 5.74) is 0. The quantitative estimate of drug-likeness (QED) is 0.484. The average molecular weight is 111 g/mol. The molecule has 0 fully saturated rings. The molecule has 3 heteroatoms. The average Bonchev–Trinajstić information content (AvgIpc) is 2.14. The highest BCUT2D eigenvalue weighted by atomic mass is 15.6. The summed E-state index contributed by atoms with van der Waals surface area (Å²) >= 11 is 0. The highest BCUT2D eigenvalue weighted by Gasteiger charge is 2.03. The zero-order chi connectivity index (χ0) is 5.98. The van der Waals surface area contributed by atoms with Crippen molar-refractivity contribution in [2.24, 2.45) is 5.10 Å². The van der Waals surface area contributed by atoms with E-state index >= 15 is 0 Å². The van der Waals surface area contributed by atoms with Gasteiger partial charge in [-0.25, -0.2) is 0 Å². The fraction of sp³-hybridized carbons (Fsp3) is 0.400. The maximum Gasteiger partial charge on any atom is 0.113 e. The van der Waals surface area contributed by atoms with E-state index in [-0.39, 0.29) is 0 Å². The summed E-state index contributed by atoms with van der Waals surface area (Å²) in [4.78, 5) is 1.97. The molecule has 0 N–H and O–H groups in total. The van der Waals surface area contributed by atoms with Gasteiger partial charge in [-0.1, -0.05) is 6.58 Å². The van der Waals surface area contributed by atoms with Crippen LogP contribution < -0.4 is 0 Å². The Hall–Kier alpha value is -0.990. The zero-order valence-electron chi connectivity index (χ0n) is 4.91. The second-order valence-electron chi connectivity index (χ2n) is 1.75. The zero-order valence-corrected chi connectivity index (χ0v) is 4.91. The molecule has 0 aliphatic carbocycles. The molecule has 0 aromatic heterocycles. The molecular weight excluding hydrogens is 102 g/mol. The van der Waals surface area contributed by atoms with Crippen LogP contribution in [0.3, 0.4) is 0 Å². The largest absolute Gasteiger partial charge is 0.345 e. The van der Waals surface area contributed by atoms with E-state index in [0.717, 1.165) is 6.67 Å². The lowest BCUT2D eigenvalue weighted by Gasteiger charge is -2.08. The minimum absolute atomic E-state index is 0.823. The van der Waals surface area contributed by atoms with Crippen LogP contribution in [0.25, 0.3) is 0 Å². The molecule has 0 spiro atoms. The molecule has 0 atom stereocenters. The Kier molecular flexibility index (Phi) is 1.20. The Morgan fingerprint density at radius 2 is 2.62 bits per heavy atom. The van der Waals surface area contributed by atoms with E-state index in [1.54, 1.807) is 17.5 Å². The maximum atomic E-state index is 3.95. The lowest BCUT2D eigenvalue weighted by molar-refractivity contribution is 0.337. The van der Waals surface area contributed by atoms with Crippen molar-refractivity contribution in [1.29, 1.82) is 0 Å². The van der Waals surface area contributed by atoms with Gasteiger partial charge in [0.15, 0.2) is 0 Å². The van der Waals surface area contributed by atoms with Crippen LogP contribution in [-0.2, 0) is 0 Å². The van der Waals surface area contributed by atoms with Gasteiger partial charge >= 0.3 is 0 Å². The fourth-order valence-corrected chi connectivity index (χ4v) is 0.561. The van der Waals surface area contributed by atoms with Gasteiger partial charge in [0.05, 0.1) is 0 Å². The molecule has 0 saturated heterocycles. The summed E-state index contributed by atoms with van der Waals surface area (Å²) in [7, 11) is 1.97. The van der Waals surface area contributed by atoms with Gasteiger partial charge in [-0.2, -0.15) is 5.10 Å². The van der Waals surface area contributed by atoms with E-state index in [9.17, 15) is 0 Å². The second kappa shape index (κ2) is 1.86. The molecule has 0 bridgehead atoms. The van der Waals surface area contributed by atoms with Crippen LogP contribution in [0.15, 0.2) is 17.9 Å². The monoisotopic (exact) mass is 111 g/mol. The van der Waals surface area contributed by atoms with Gasteiger partial charge in [0, 0.05) is 13.2 Å². The van der Waals surface area contributed by atoms with Crippen molar-refractivity contribution < 1.29 is 0 Å². The van der Waals surface area contributed by atoms with Gasteiger partial charge in [-0.3, -0.25) is 5.01 Å². The van der Waals surface area contributed by atoms with Crippen molar-refractivity contribution in [1.82, 2.24) is 9.91 Å². The molecule has 1 aliphatic heterocycles. The van der Waals surface area contributed by atoms with Crippen LogP contribution in [0, 0.1) is 0 Å². The van der Waals surface area contributed by atoms with Gasteiger partial charge in [-0.05, 0) is 0 Å². The lowest BCUT2D eigenvalue weighted by atomic mass is 10.8. The van der Waals surface area contributed by atoms with Crippen LogP contribution in [0.2, 0.25) is 0 Å². The third-order valence-electron chi connectivity index (χ3n) is 0.976. The van der Waals surface area contributed by atoms with Gasteiger partial charge in [-0.15, -0.1) is 0 Å². The second-order valence-corrected chi connectivity index (χ2v) is 1.75. The van der Waals surface area contributed by atoms with Crippen LogP contribution in [0.5, 0.6) is 0 Å². The van der Waals surface area contributed by atoms with Crippen LogP contribution in [0.1, 0.15) is 0 Å². The van der Waals surface area contributed by atoms with Gasteiger partial charge in [0.2, 0.25) is 0 Å². The first-order valence-corrected chi connectivity index (χ1v) is 2.46. The Balaban J connectivity index is 2.45. The first kappa shape index (κ1) is 5.15. The standard InChI is InChI=1S/C5H9N3/c1-3-8-5-7(2)4-6-8/h3-4H,1,5H2,2H3. The minimum atomic E-state index is 0.823. The number of nitrogens with zero attached hydrogens (tertiary/aromatic N) is 3. The molecule has 0 aromatic rings. The topological polar surface area (TPSA) is 18.8 Å². The third-order valence-corrected chi connectivity index (χ3v) is 0.976. The minimum Gasteiger partial charge on any atom is -0.345 e. The van der Waals surface area contributed by atoms with Crippen LogP contribution in [0.4, 0.5) is 0 Å². The molecule has 0 unspecified atom stereocenters. The molecule has 8 heavy (non-hydrogen) atoms. The van der Waals surface area contributed by atoms with Crippen molar-refractivity contribution >= 4 is 6.34 Å². The van der Waals surface area contributed by atoms with E-state index in [0.29, 0.717) is 0 Å². The Labute approximate surface area is 48.9 Å².